The number of esters is 2. The maximum atomic E-state index is 13.2. The SMILES string of the molecule is C[C@@]12C[C@H]3OC(=O)[C@]4(COC(=O)c5ccccc5)[C@H]3C[C@]14O[C@H]1[C@@H](O[C@@H](CO)[C@@H](O)[C@@H]1O)O2. The Morgan fingerprint density at radius 3 is 2.64 bits per heavy atom. The molecule has 1 aromatic carbocycles. The van der Waals surface area contributed by atoms with Gasteiger partial charge in [-0.25, -0.2) is 4.79 Å². The Labute approximate surface area is 189 Å². The highest BCUT2D eigenvalue weighted by atomic mass is 16.8. The van der Waals surface area contributed by atoms with E-state index in [-0.39, 0.29) is 12.5 Å². The van der Waals surface area contributed by atoms with Crippen molar-refractivity contribution in [2.24, 2.45) is 11.3 Å². The summed E-state index contributed by atoms with van der Waals surface area (Å²) in [5, 5.41) is 30.6. The van der Waals surface area contributed by atoms with Crippen LogP contribution in [-0.4, -0.2) is 88.5 Å². The molecule has 3 saturated heterocycles. The molecule has 3 heterocycles. The Morgan fingerprint density at radius 1 is 1.15 bits per heavy atom. The molecule has 10 nitrogen and oxygen atoms in total. The van der Waals surface area contributed by atoms with Crippen LogP contribution in [0.1, 0.15) is 30.1 Å². The van der Waals surface area contributed by atoms with Crippen LogP contribution in [0.3, 0.4) is 0 Å². The first-order valence-electron chi connectivity index (χ1n) is 11.2. The molecule has 33 heavy (non-hydrogen) atoms. The molecule has 1 spiro atoms. The Hall–Kier alpha value is -2.08. The number of aliphatic hydroxyl groups is 3. The van der Waals surface area contributed by atoms with Crippen LogP contribution in [0.2, 0.25) is 0 Å². The molecule has 178 valence electrons. The van der Waals surface area contributed by atoms with Crippen molar-refractivity contribution in [2.45, 2.75) is 67.8 Å². The molecule has 3 N–H and O–H groups in total. The van der Waals surface area contributed by atoms with E-state index in [0.717, 1.165) is 0 Å². The van der Waals surface area contributed by atoms with Gasteiger partial charge in [-0.2, -0.15) is 0 Å². The van der Waals surface area contributed by atoms with Gasteiger partial charge in [0, 0.05) is 12.3 Å². The maximum absolute atomic E-state index is 13.2. The number of ether oxygens (including phenoxy) is 5. The summed E-state index contributed by atoms with van der Waals surface area (Å²) in [6, 6.07) is 8.47. The van der Waals surface area contributed by atoms with Crippen LogP contribution in [0.4, 0.5) is 0 Å². The predicted molar refractivity (Wildman–Crippen MR) is 107 cm³/mol. The summed E-state index contributed by atoms with van der Waals surface area (Å²) < 4.78 is 29.7. The third-order valence-electron chi connectivity index (χ3n) is 8.36. The molecule has 10 atom stereocenters. The normalized spacial score (nSPS) is 49.3. The number of rotatable bonds is 4. The molecule has 3 aliphatic heterocycles. The van der Waals surface area contributed by atoms with Gasteiger partial charge in [-0.1, -0.05) is 18.2 Å². The van der Waals surface area contributed by atoms with Crippen LogP contribution in [0.25, 0.3) is 0 Å². The Kier molecular flexibility index (Phi) is 4.53. The van der Waals surface area contributed by atoms with E-state index in [1.807, 2.05) is 0 Å². The summed E-state index contributed by atoms with van der Waals surface area (Å²) >= 11 is 0. The Morgan fingerprint density at radius 2 is 1.91 bits per heavy atom. The van der Waals surface area contributed by atoms with Gasteiger partial charge in [-0.15, -0.1) is 0 Å². The Balaban J connectivity index is 1.34. The lowest BCUT2D eigenvalue weighted by Crippen LogP contribution is -2.86. The zero-order chi connectivity index (χ0) is 23.2. The summed E-state index contributed by atoms with van der Waals surface area (Å²) in [5.41, 5.74) is -3.21. The molecular formula is C23H26O10. The molecule has 0 aromatic heterocycles. The molecule has 0 radical (unpaired) electrons. The summed E-state index contributed by atoms with van der Waals surface area (Å²) in [4.78, 5) is 25.9. The number of aliphatic hydroxyl groups excluding tert-OH is 3. The topological polar surface area (TPSA) is 141 Å². The first-order chi connectivity index (χ1) is 15.8. The van der Waals surface area contributed by atoms with Crippen molar-refractivity contribution in [3.05, 3.63) is 35.9 Å². The molecule has 6 aliphatic rings. The van der Waals surface area contributed by atoms with Gasteiger partial charge < -0.3 is 39.0 Å². The fraction of sp³-hybridized carbons (Fsp3) is 0.652. The summed E-state index contributed by atoms with van der Waals surface area (Å²) in [5.74, 6) is -1.31. The van der Waals surface area contributed by atoms with E-state index >= 15 is 0 Å². The van der Waals surface area contributed by atoms with Gasteiger partial charge in [0.1, 0.15) is 53.7 Å². The standard InChI is InChI=1S/C23H26O10/c1-21-8-13-12-7-23(21,32-17-16(26)15(25)14(9-24)30-19(17)33-21)22(12,20(28)31-13)10-29-18(27)11-5-3-2-4-6-11/h2-6,12-17,19,24-26H,7-10H2,1H3/t12-,13+,14-,15+,16-,17+,19-,21+,22-,23-/m0/s1. The average molecular weight is 462 g/mol. The summed E-state index contributed by atoms with van der Waals surface area (Å²) in [6.07, 6.45) is -5.63. The number of hydrogen-bond donors (Lipinski definition) is 3. The highest BCUT2D eigenvalue weighted by Gasteiger charge is 2.88. The first-order valence-corrected chi connectivity index (χ1v) is 11.2. The van der Waals surface area contributed by atoms with Crippen molar-refractivity contribution in [1.29, 1.82) is 0 Å². The van der Waals surface area contributed by atoms with Crippen LogP contribution in [0.15, 0.2) is 30.3 Å². The minimum Gasteiger partial charge on any atom is -0.461 e. The average Bonchev–Trinajstić information content (AvgIpc) is 2.97. The van der Waals surface area contributed by atoms with E-state index in [4.69, 9.17) is 23.7 Å². The number of benzene rings is 1. The lowest BCUT2D eigenvalue weighted by molar-refractivity contribution is -0.464. The van der Waals surface area contributed by atoms with Crippen molar-refractivity contribution in [3.63, 3.8) is 0 Å². The van der Waals surface area contributed by atoms with E-state index in [2.05, 4.69) is 0 Å². The Bertz CT molecular complexity index is 985. The molecule has 1 aromatic rings. The minimum atomic E-state index is -1.40. The van der Waals surface area contributed by atoms with Gasteiger partial charge in [-0.3, -0.25) is 4.79 Å². The molecule has 10 heteroatoms. The highest BCUT2D eigenvalue weighted by Crippen LogP contribution is 2.74. The number of carbonyl (C=O) groups is 2. The predicted octanol–water partition coefficient (Wildman–Crippen LogP) is -0.469. The van der Waals surface area contributed by atoms with Gasteiger partial charge in [0.25, 0.3) is 0 Å². The van der Waals surface area contributed by atoms with Gasteiger partial charge in [0.15, 0.2) is 6.29 Å². The van der Waals surface area contributed by atoms with Crippen LogP contribution < -0.4 is 0 Å². The monoisotopic (exact) mass is 462 g/mol. The summed E-state index contributed by atoms with van der Waals surface area (Å²) in [7, 11) is 0. The lowest BCUT2D eigenvalue weighted by atomic mass is 9.40. The second kappa shape index (κ2) is 6.97. The molecule has 0 unspecified atom stereocenters. The number of fused-ring (bicyclic) bond motifs is 1. The van der Waals surface area contributed by atoms with Crippen molar-refractivity contribution in [3.8, 4) is 0 Å². The quantitative estimate of drug-likeness (QED) is 0.503. The van der Waals surface area contributed by atoms with Gasteiger partial charge in [0.2, 0.25) is 0 Å². The highest BCUT2D eigenvalue weighted by molar-refractivity contribution is 5.90. The molecule has 6 fully saturated rings. The fourth-order valence-corrected chi connectivity index (χ4v) is 6.65. The zero-order valence-corrected chi connectivity index (χ0v) is 18.0. The van der Waals surface area contributed by atoms with E-state index in [9.17, 15) is 24.9 Å². The number of hydrogen-bond acceptors (Lipinski definition) is 10. The van der Waals surface area contributed by atoms with Gasteiger partial charge in [0.05, 0.1) is 12.2 Å². The second-order valence-corrected chi connectivity index (χ2v) is 9.84. The molecule has 3 aliphatic carbocycles. The van der Waals surface area contributed by atoms with Crippen molar-refractivity contribution in [2.75, 3.05) is 13.2 Å². The van der Waals surface area contributed by atoms with Crippen LogP contribution >= 0.6 is 0 Å². The zero-order valence-electron chi connectivity index (χ0n) is 18.0. The van der Waals surface area contributed by atoms with Gasteiger partial charge in [-0.05, 0) is 25.5 Å². The van der Waals surface area contributed by atoms with Gasteiger partial charge >= 0.3 is 11.9 Å². The molecular weight excluding hydrogens is 436 g/mol. The van der Waals surface area contributed by atoms with Crippen molar-refractivity contribution in [1.82, 2.24) is 0 Å². The van der Waals surface area contributed by atoms with E-state index in [0.29, 0.717) is 18.4 Å². The van der Waals surface area contributed by atoms with E-state index in [1.165, 1.54) is 0 Å². The smallest absolute Gasteiger partial charge is 0.338 e. The van der Waals surface area contributed by atoms with Crippen LogP contribution in [-0.2, 0) is 28.5 Å². The first kappa shape index (κ1) is 21.5. The number of carbonyl (C=O) groups excluding carboxylic acids is 2. The fourth-order valence-electron chi connectivity index (χ4n) is 6.65. The lowest BCUT2D eigenvalue weighted by Gasteiger charge is -2.72. The van der Waals surface area contributed by atoms with E-state index < -0.39 is 72.0 Å². The van der Waals surface area contributed by atoms with Crippen LogP contribution in [0, 0.1) is 11.3 Å². The minimum absolute atomic E-state index is 0.224. The van der Waals surface area contributed by atoms with Crippen molar-refractivity contribution >= 4 is 11.9 Å². The van der Waals surface area contributed by atoms with Crippen molar-refractivity contribution < 1.29 is 48.6 Å². The molecule has 3 saturated carbocycles. The second-order valence-electron chi connectivity index (χ2n) is 9.84. The van der Waals surface area contributed by atoms with E-state index in [1.54, 1.807) is 37.3 Å². The molecule has 4 bridgehead atoms. The largest absolute Gasteiger partial charge is 0.461 e. The molecule has 0 amide bonds. The third-order valence-corrected chi connectivity index (χ3v) is 8.36. The summed E-state index contributed by atoms with van der Waals surface area (Å²) in [6.45, 7) is 1.05. The maximum Gasteiger partial charge on any atom is 0.338 e. The molecule has 7 rings (SSSR count). The third kappa shape index (κ3) is 2.53. The van der Waals surface area contributed by atoms with Crippen LogP contribution in [0.5, 0.6) is 0 Å².